The van der Waals surface area contributed by atoms with Crippen LogP contribution in [0, 0.1) is 6.92 Å². The van der Waals surface area contributed by atoms with Crippen LogP contribution in [0.25, 0.3) is 21.1 Å². The van der Waals surface area contributed by atoms with Gasteiger partial charge in [-0.3, -0.25) is 0 Å². The zero-order chi connectivity index (χ0) is 11.3. The molecule has 0 aliphatic carbocycles. The molecule has 0 unspecified atom stereocenters. The van der Waals surface area contributed by atoms with Crippen molar-refractivity contribution in [1.29, 1.82) is 0 Å². The lowest BCUT2D eigenvalue weighted by atomic mass is 10.1. The van der Waals surface area contributed by atoms with E-state index < -0.39 is 0 Å². The lowest BCUT2D eigenvalue weighted by molar-refractivity contribution is 0.837. The third kappa shape index (κ3) is 1.35. The van der Waals surface area contributed by atoms with Crippen LogP contribution < -0.4 is 0 Å². The van der Waals surface area contributed by atoms with Gasteiger partial charge in [0.05, 0.1) is 20.7 Å². The Morgan fingerprint density at radius 2 is 2.12 bits per heavy atom. The first-order valence-electron chi connectivity index (χ1n) is 5.54. The summed E-state index contributed by atoms with van der Waals surface area (Å²) in [6.07, 6.45) is 0. The first-order chi connectivity index (χ1) is 7.65. The standard InChI is InChI=1S/C13H14N2S/c1-7(2)11-6-9-4-5-10-13(12(9)15-11)16-8(3)14-10/h4-7,15H,1-3H3. The number of hydrogen-bond donors (Lipinski definition) is 1. The fraction of sp³-hybridized carbons (Fsp3) is 0.308. The normalized spacial score (nSPS) is 12.0. The van der Waals surface area contributed by atoms with E-state index >= 15 is 0 Å². The summed E-state index contributed by atoms with van der Waals surface area (Å²) in [6.45, 7) is 6.47. The highest BCUT2D eigenvalue weighted by Gasteiger charge is 2.09. The Hall–Kier alpha value is -1.35. The second kappa shape index (κ2) is 3.32. The van der Waals surface area contributed by atoms with Crippen LogP contribution >= 0.6 is 11.3 Å². The van der Waals surface area contributed by atoms with E-state index in [0.29, 0.717) is 5.92 Å². The number of benzene rings is 1. The van der Waals surface area contributed by atoms with E-state index in [1.165, 1.54) is 21.3 Å². The van der Waals surface area contributed by atoms with E-state index in [2.05, 4.69) is 48.9 Å². The molecule has 0 amide bonds. The third-order valence-corrected chi connectivity index (χ3v) is 3.90. The second-order valence-electron chi connectivity index (χ2n) is 4.49. The minimum absolute atomic E-state index is 0.538. The molecule has 3 heteroatoms. The molecule has 82 valence electrons. The largest absolute Gasteiger partial charge is 0.357 e. The predicted octanol–water partition coefficient (Wildman–Crippen LogP) is 4.21. The van der Waals surface area contributed by atoms with Crippen LogP contribution in [-0.4, -0.2) is 9.97 Å². The third-order valence-electron chi connectivity index (χ3n) is 2.90. The fourth-order valence-corrected chi connectivity index (χ4v) is 2.96. The van der Waals surface area contributed by atoms with E-state index in [1.807, 2.05) is 0 Å². The molecular weight excluding hydrogens is 216 g/mol. The highest BCUT2D eigenvalue weighted by Crippen LogP contribution is 2.31. The SMILES string of the molecule is Cc1nc2ccc3cc(C(C)C)[nH]c3c2s1. The van der Waals surface area contributed by atoms with Gasteiger partial charge in [0.1, 0.15) is 0 Å². The van der Waals surface area contributed by atoms with Gasteiger partial charge < -0.3 is 4.98 Å². The van der Waals surface area contributed by atoms with Crippen molar-refractivity contribution in [1.82, 2.24) is 9.97 Å². The van der Waals surface area contributed by atoms with Crippen molar-refractivity contribution in [3.8, 4) is 0 Å². The monoisotopic (exact) mass is 230 g/mol. The van der Waals surface area contributed by atoms with Crippen LogP contribution in [0.1, 0.15) is 30.5 Å². The van der Waals surface area contributed by atoms with Crippen molar-refractivity contribution in [2.24, 2.45) is 0 Å². The Bertz CT molecular complexity index is 661. The van der Waals surface area contributed by atoms with Gasteiger partial charge in [-0.15, -0.1) is 11.3 Å². The van der Waals surface area contributed by atoms with Crippen LogP contribution in [0.3, 0.4) is 0 Å². The Labute approximate surface area is 98.3 Å². The molecule has 3 aromatic rings. The Morgan fingerprint density at radius 3 is 2.88 bits per heavy atom. The number of fused-ring (bicyclic) bond motifs is 3. The Morgan fingerprint density at radius 1 is 1.31 bits per heavy atom. The first-order valence-corrected chi connectivity index (χ1v) is 6.35. The van der Waals surface area contributed by atoms with Gasteiger partial charge in [-0.1, -0.05) is 19.9 Å². The smallest absolute Gasteiger partial charge is 0.0908 e. The van der Waals surface area contributed by atoms with Crippen molar-refractivity contribution in [3.05, 3.63) is 28.9 Å². The molecule has 3 rings (SSSR count). The molecule has 0 atom stereocenters. The number of nitrogens with zero attached hydrogens (tertiary/aromatic N) is 1. The molecule has 2 nitrogen and oxygen atoms in total. The molecule has 16 heavy (non-hydrogen) atoms. The van der Waals surface area contributed by atoms with E-state index in [4.69, 9.17) is 0 Å². The maximum absolute atomic E-state index is 4.52. The van der Waals surface area contributed by atoms with E-state index in [1.54, 1.807) is 11.3 Å². The number of aromatic nitrogens is 2. The molecule has 0 radical (unpaired) electrons. The number of aromatic amines is 1. The van der Waals surface area contributed by atoms with Crippen LogP contribution in [0.2, 0.25) is 0 Å². The van der Waals surface area contributed by atoms with Gasteiger partial charge in [-0.05, 0) is 25.0 Å². The van der Waals surface area contributed by atoms with Crippen LogP contribution in [0.5, 0.6) is 0 Å². The molecule has 1 aromatic carbocycles. The van der Waals surface area contributed by atoms with Gasteiger partial charge in [0, 0.05) is 11.1 Å². The van der Waals surface area contributed by atoms with Gasteiger partial charge in [-0.2, -0.15) is 0 Å². The molecule has 0 spiro atoms. The van der Waals surface area contributed by atoms with Crippen molar-refractivity contribution >= 4 is 32.5 Å². The van der Waals surface area contributed by atoms with Gasteiger partial charge in [0.15, 0.2) is 0 Å². The lowest BCUT2D eigenvalue weighted by Crippen LogP contribution is -1.84. The summed E-state index contributed by atoms with van der Waals surface area (Å²) in [5.41, 5.74) is 3.65. The molecule has 1 N–H and O–H groups in total. The second-order valence-corrected chi connectivity index (χ2v) is 5.69. The summed E-state index contributed by atoms with van der Waals surface area (Å²) in [5.74, 6) is 0.538. The summed E-state index contributed by atoms with van der Waals surface area (Å²) in [6, 6.07) is 6.51. The van der Waals surface area contributed by atoms with Crippen LogP contribution in [0.15, 0.2) is 18.2 Å². The molecule has 0 aliphatic rings. The van der Waals surface area contributed by atoms with Crippen LogP contribution in [-0.2, 0) is 0 Å². The molecule has 0 bridgehead atoms. The number of thiazole rings is 1. The lowest BCUT2D eigenvalue weighted by Gasteiger charge is -1.98. The molecule has 2 heterocycles. The average Bonchev–Trinajstić information content (AvgIpc) is 2.77. The molecule has 2 aromatic heterocycles. The van der Waals surface area contributed by atoms with Crippen molar-refractivity contribution < 1.29 is 0 Å². The average molecular weight is 230 g/mol. The summed E-state index contributed by atoms with van der Waals surface area (Å²) >= 11 is 1.76. The molecule has 0 aliphatic heterocycles. The minimum Gasteiger partial charge on any atom is -0.357 e. The summed E-state index contributed by atoms with van der Waals surface area (Å²) < 4.78 is 1.28. The van der Waals surface area contributed by atoms with Gasteiger partial charge in [0.25, 0.3) is 0 Å². The van der Waals surface area contributed by atoms with Gasteiger partial charge >= 0.3 is 0 Å². The Kier molecular flexibility index (Phi) is 2.04. The van der Waals surface area contributed by atoms with E-state index in [9.17, 15) is 0 Å². The first kappa shape index (κ1) is 9.85. The van der Waals surface area contributed by atoms with Crippen molar-refractivity contribution in [2.45, 2.75) is 26.7 Å². The number of aryl methyl sites for hydroxylation is 1. The van der Waals surface area contributed by atoms with Gasteiger partial charge in [-0.25, -0.2) is 4.98 Å². The summed E-state index contributed by atoms with van der Waals surface area (Å²) in [4.78, 5) is 8.04. The minimum atomic E-state index is 0.538. The topological polar surface area (TPSA) is 28.7 Å². The van der Waals surface area contributed by atoms with Crippen LogP contribution in [0.4, 0.5) is 0 Å². The Balaban J connectivity index is 2.40. The number of nitrogens with one attached hydrogen (secondary N) is 1. The number of rotatable bonds is 1. The molecule has 0 saturated carbocycles. The summed E-state index contributed by atoms with van der Waals surface area (Å²) in [7, 11) is 0. The maximum Gasteiger partial charge on any atom is 0.0908 e. The number of hydrogen-bond acceptors (Lipinski definition) is 2. The molecular formula is C13H14N2S. The zero-order valence-electron chi connectivity index (χ0n) is 9.66. The van der Waals surface area contributed by atoms with E-state index in [0.717, 1.165) is 10.5 Å². The quantitative estimate of drug-likeness (QED) is 0.666. The highest BCUT2D eigenvalue weighted by atomic mass is 32.1. The molecule has 0 saturated heterocycles. The number of H-pyrrole nitrogens is 1. The van der Waals surface area contributed by atoms with Crippen molar-refractivity contribution in [3.63, 3.8) is 0 Å². The zero-order valence-corrected chi connectivity index (χ0v) is 10.5. The van der Waals surface area contributed by atoms with Gasteiger partial charge in [0.2, 0.25) is 0 Å². The molecule has 0 fully saturated rings. The highest BCUT2D eigenvalue weighted by molar-refractivity contribution is 7.19. The van der Waals surface area contributed by atoms with E-state index in [-0.39, 0.29) is 0 Å². The fourth-order valence-electron chi connectivity index (χ4n) is 2.03. The van der Waals surface area contributed by atoms with Crippen molar-refractivity contribution in [2.75, 3.05) is 0 Å². The maximum atomic E-state index is 4.52. The summed E-state index contributed by atoms with van der Waals surface area (Å²) in [5, 5.41) is 2.42. The predicted molar refractivity (Wildman–Crippen MR) is 70.3 cm³/mol.